The van der Waals surface area contributed by atoms with Gasteiger partial charge in [0.25, 0.3) is 0 Å². The first-order valence-electron chi connectivity index (χ1n) is 9.74. The molecule has 0 radical (unpaired) electrons. The fourth-order valence-electron chi connectivity index (χ4n) is 3.93. The standard InChI is InChI=1S/C21H22ClN5O/c1-3-15-16(12-23)20(26-25-17(15)4-2)27-9-7-13(8-10-27)21-24-18-11-14(22)5-6-19(18)28-21/h5-6,11,13H,3-4,7-10H2,1-2H3. The van der Waals surface area contributed by atoms with Gasteiger partial charge in [-0.3, -0.25) is 0 Å². The van der Waals surface area contributed by atoms with Gasteiger partial charge < -0.3 is 9.32 Å². The summed E-state index contributed by atoms with van der Waals surface area (Å²) in [4.78, 5) is 6.80. The quantitative estimate of drug-likeness (QED) is 0.639. The number of nitrogens with zero attached hydrogens (tertiary/aromatic N) is 5. The number of aromatic nitrogens is 3. The summed E-state index contributed by atoms with van der Waals surface area (Å²) < 4.78 is 5.95. The summed E-state index contributed by atoms with van der Waals surface area (Å²) in [6.45, 7) is 5.69. The van der Waals surface area contributed by atoms with E-state index in [0.717, 1.165) is 67.0 Å². The molecule has 1 aliphatic heterocycles. The Morgan fingerprint density at radius 1 is 1.21 bits per heavy atom. The van der Waals surface area contributed by atoms with E-state index in [1.165, 1.54) is 0 Å². The number of piperidine rings is 1. The van der Waals surface area contributed by atoms with Crippen molar-refractivity contribution in [3.05, 3.63) is 45.9 Å². The van der Waals surface area contributed by atoms with Crippen molar-refractivity contribution in [1.82, 2.24) is 15.2 Å². The first-order valence-corrected chi connectivity index (χ1v) is 10.1. The average Bonchev–Trinajstić information content (AvgIpc) is 3.15. The molecule has 0 spiro atoms. The van der Waals surface area contributed by atoms with Crippen molar-refractivity contribution in [1.29, 1.82) is 5.26 Å². The third-order valence-corrected chi connectivity index (χ3v) is 5.68. The highest BCUT2D eigenvalue weighted by Crippen LogP contribution is 2.33. The van der Waals surface area contributed by atoms with Crippen molar-refractivity contribution in [3.8, 4) is 6.07 Å². The zero-order valence-corrected chi connectivity index (χ0v) is 16.8. The number of hydrogen-bond acceptors (Lipinski definition) is 6. The third-order valence-electron chi connectivity index (χ3n) is 5.45. The van der Waals surface area contributed by atoms with Crippen LogP contribution < -0.4 is 4.90 Å². The number of aryl methyl sites for hydroxylation is 1. The number of nitriles is 1. The van der Waals surface area contributed by atoms with Crippen LogP contribution in [-0.2, 0) is 12.8 Å². The molecule has 1 aromatic carbocycles. The fraction of sp³-hybridized carbons (Fsp3) is 0.429. The average molecular weight is 396 g/mol. The molecule has 0 N–H and O–H groups in total. The van der Waals surface area contributed by atoms with Crippen molar-refractivity contribution in [2.45, 2.75) is 45.4 Å². The Balaban J connectivity index is 1.55. The maximum atomic E-state index is 9.73. The number of fused-ring (bicyclic) bond motifs is 1. The minimum absolute atomic E-state index is 0.251. The van der Waals surface area contributed by atoms with Crippen LogP contribution in [0.1, 0.15) is 55.3 Å². The first-order chi connectivity index (χ1) is 13.6. The summed E-state index contributed by atoms with van der Waals surface area (Å²) in [5, 5.41) is 19.2. The van der Waals surface area contributed by atoms with Gasteiger partial charge in [0.05, 0.1) is 5.69 Å². The summed E-state index contributed by atoms with van der Waals surface area (Å²) in [5.41, 5.74) is 4.17. The van der Waals surface area contributed by atoms with Gasteiger partial charge in [0.2, 0.25) is 0 Å². The SMILES string of the molecule is CCc1nnc(N2CCC(c3nc4cc(Cl)ccc4o3)CC2)c(C#N)c1CC. The van der Waals surface area contributed by atoms with Crippen molar-refractivity contribution in [2.24, 2.45) is 0 Å². The van der Waals surface area contributed by atoms with E-state index in [1.807, 2.05) is 25.1 Å². The zero-order chi connectivity index (χ0) is 19.7. The molecule has 3 aromatic rings. The summed E-state index contributed by atoms with van der Waals surface area (Å²) in [6.07, 6.45) is 3.36. The maximum Gasteiger partial charge on any atom is 0.198 e. The summed E-state index contributed by atoms with van der Waals surface area (Å²) in [5.74, 6) is 1.72. The van der Waals surface area contributed by atoms with Crippen LogP contribution >= 0.6 is 11.6 Å². The molecule has 2 aromatic heterocycles. The Morgan fingerprint density at radius 3 is 2.68 bits per heavy atom. The molecule has 0 aliphatic carbocycles. The van der Waals surface area contributed by atoms with E-state index in [4.69, 9.17) is 16.0 Å². The number of benzene rings is 1. The predicted molar refractivity (Wildman–Crippen MR) is 109 cm³/mol. The Labute approximate surface area is 169 Å². The second-order valence-corrected chi connectivity index (χ2v) is 7.50. The first kappa shape index (κ1) is 18.7. The lowest BCUT2D eigenvalue weighted by molar-refractivity contribution is 0.406. The van der Waals surface area contributed by atoms with Gasteiger partial charge in [-0.05, 0) is 49.4 Å². The van der Waals surface area contributed by atoms with Crippen LogP contribution in [-0.4, -0.2) is 28.3 Å². The molecular formula is C21H22ClN5O. The topological polar surface area (TPSA) is 78.8 Å². The smallest absolute Gasteiger partial charge is 0.198 e. The van der Waals surface area contributed by atoms with E-state index in [2.05, 4.69) is 33.1 Å². The highest BCUT2D eigenvalue weighted by atomic mass is 35.5. The van der Waals surface area contributed by atoms with Gasteiger partial charge in [-0.15, -0.1) is 5.10 Å². The zero-order valence-electron chi connectivity index (χ0n) is 16.1. The Morgan fingerprint density at radius 2 is 2.00 bits per heavy atom. The number of rotatable bonds is 4. The largest absolute Gasteiger partial charge is 0.440 e. The molecule has 1 aliphatic rings. The summed E-state index contributed by atoms with van der Waals surface area (Å²) in [7, 11) is 0. The van der Waals surface area contributed by atoms with Crippen LogP contribution in [0.15, 0.2) is 22.6 Å². The second kappa shape index (κ2) is 7.76. The lowest BCUT2D eigenvalue weighted by Gasteiger charge is -2.32. The van der Waals surface area contributed by atoms with Gasteiger partial charge in [-0.2, -0.15) is 10.4 Å². The lowest BCUT2D eigenvalue weighted by Crippen LogP contribution is -2.34. The van der Waals surface area contributed by atoms with Crippen LogP contribution in [0.4, 0.5) is 5.82 Å². The molecule has 0 bridgehead atoms. The highest BCUT2D eigenvalue weighted by Gasteiger charge is 2.28. The minimum atomic E-state index is 0.251. The van der Waals surface area contributed by atoms with Crippen LogP contribution in [0.5, 0.6) is 0 Å². The van der Waals surface area contributed by atoms with Gasteiger partial charge in [-0.1, -0.05) is 25.4 Å². The number of halogens is 1. The molecule has 6 nitrogen and oxygen atoms in total. The van der Waals surface area contributed by atoms with Crippen LogP contribution in [0, 0.1) is 11.3 Å². The van der Waals surface area contributed by atoms with Crippen molar-refractivity contribution in [3.63, 3.8) is 0 Å². The number of oxazole rings is 1. The molecule has 0 unspecified atom stereocenters. The molecule has 28 heavy (non-hydrogen) atoms. The van der Waals surface area contributed by atoms with Crippen molar-refractivity contribution >= 4 is 28.5 Å². The van der Waals surface area contributed by atoms with E-state index in [1.54, 1.807) is 0 Å². The Kier molecular flexibility index (Phi) is 5.19. The van der Waals surface area contributed by atoms with E-state index >= 15 is 0 Å². The van der Waals surface area contributed by atoms with E-state index in [9.17, 15) is 5.26 Å². The number of hydrogen-bond donors (Lipinski definition) is 0. The molecule has 0 amide bonds. The van der Waals surface area contributed by atoms with Crippen LogP contribution in [0.25, 0.3) is 11.1 Å². The van der Waals surface area contributed by atoms with Crippen molar-refractivity contribution < 1.29 is 4.42 Å². The minimum Gasteiger partial charge on any atom is -0.440 e. The number of anilines is 1. The van der Waals surface area contributed by atoms with E-state index < -0.39 is 0 Å². The summed E-state index contributed by atoms with van der Waals surface area (Å²) >= 11 is 6.05. The Hall–Kier alpha value is -2.65. The van der Waals surface area contributed by atoms with E-state index in [-0.39, 0.29) is 5.92 Å². The predicted octanol–water partition coefficient (Wildman–Crippen LogP) is 4.65. The van der Waals surface area contributed by atoms with Gasteiger partial charge >= 0.3 is 0 Å². The molecule has 0 atom stereocenters. The third kappa shape index (κ3) is 3.31. The van der Waals surface area contributed by atoms with Gasteiger partial charge in [-0.25, -0.2) is 4.98 Å². The fourth-order valence-corrected chi connectivity index (χ4v) is 4.10. The second-order valence-electron chi connectivity index (χ2n) is 7.07. The van der Waals surface area contributed by atoms with Gasteiger partial charge in [0.15, 0.2) is 17.3 Å². The van der Waals surface area contributed by atoms with Gasteiger partial charge in [0, 0.05) is 24.0 Å². The Bertz CT molecular complexity index is 1050. The highest BCUT2D eigenvalue weighted by molar-refractivity contribution is 6.31. The molecule has 4 rings (SSSR count). The lowest BCUT2D eigenvalue weighted by atomic mass is 9.96. The van der Waals surface area contributed by atoms with Crippen molar-refractivity contribution in [2.75, 3.05) is 18.0 Å². The maximum absolute atomic E-state index is 9.73. The molecule has 7 heteroatoms. The molecule has 0 saturated carbocycles. The van der Waals surface area contributed by atoms with Gasteiger partial charge in [0.1, 0.15) is 17.1 Å². The molecule has 144 valence electrons. The monoisotopic (exact) mass is 395 g/mol. The van der Waals surface area contributed by atoms with E-state index in [0.29, 0.717) is 16.4 Å². The normalized spacial score (nSPS) is 15.1. The summed E-state index contributed by atoms with van der Waals surface area (Å²) in [6, 6.07) is 7.87. The molecule has 1 saturated heterocycles. The molecule has 1 fully saturated rings. The molecule has 3 heterocycles. The molecular weight excluding hydrogens is 374 g/mol. The van der Waals surface area contributed by atoms with Crippen LogP contribution in [0.3, 0.4) is 0 Å². The van der Waals surface area contributed by atoms with Crippen LogP contribution in [0.2, 0.25) is 5.02 Å².